The number of anilines is 1. The Kier molecular flexibility index (Phi) is 5.62. The maximum atomic E-state index is 15.6. The van der Waals surface area contributed by atoms with Gasteiger partial charge in [0, 0.05) is 23.6 Å². The topological polar surface area (TPSA) is 101 Å². The number of sulfonamides is 1. The molecule has 0 heterocycles. The summed E-state index contributed by atoms with van der Waals surface area (Å²) in [4.78, 5) is 12.2. The molecule has 0 unspecified atom stereocenters. The third-order valence-corrected chi connectivity index (χ3v) is 7.59. The van der Waals surface area contributed by atoms with Crippen LogP contribution in [0.15, 0.2) is 60.5 Å². The highest BCUT2D eigenvalue weighted by Crippen LogP contribution is 2.47. The third kappa shape index (κ3) is 3.89. The van der Waals surface area contributed by atoms with Crippen LogP contribution in [0.1, 0.15) is 40.9 Å². The number of fused-ring (bicyclic) bond motifs is 3. The van der Waals surface area contributed by atoms with Crippen molar-refractivity contribution in [2.45, 2.75) is 25.9 Å². The van der Waals surface area contributed by atoms with Crippen LogP contribution in [0.5, 0.6) is 0 Å². The second-order valence-electron chi connectivity index (χ2n) is 8.84. The van der Waals surface area contributed by atoms with E-state index < -0.39 is 27.3 Å². The zero-order chi connectivity index (χ0) is 25.0. The van der Waals surface area contributed by atoms with Crippen LogP contribution in [0.4, 0.5) is 10.1 Å². The molecule has 1 aliphatic carbocycles. The number of hydrogen-bond donors (Lipinski definition) is 2. The van der Waals surface area contributed by atoms with Gasteiger partial charge in [0.25, 0.3) is 10.0 Å². The van der Waals surface area contributed by atoms with Crippen molar-refractivity contribution in [2.75, 3.05) is 11.4 Å². The summed E-state index contributed by atoms with van der Waals surface area (Å²) >= 11 is 0. The Morgan fingerprint density at radius 1 is 1.18 bits per heavy atom. The minimum absolute atomic E-state index is 0.0970. The number of benzene rings is 3. The van der Waals surface area contributed by atoms with Crippen molar-refractivity contribution in [3.8, 4) is 22.3 Å². The van der Waals surface area contributed by atoms with Gasteiger partial charge in [-0.3, -0.25) is 9.10 Å². The number of rotatable bonds is 6. The van der Waals surface area contributed by atoms with Gasteiger partial charge in [0.05, 0.1) is 11.3 Å². The van der Waals surface area contributed by atoms with E-state index in [0.717, 1.165) is 26.9 Å². The first-order chi connectivity index (χ1) is 15.8. The molecular formula is C26H25FN2O4S. The predicted molar refractivity (Wildman–Crippen MR) is 131 cm³/mol. The SMILES string of the molecule is C=CS(=O)(=O)N(C)c1cccc(-c2c(F)cc(C(N)=O)c3c2-c2ccc(C(C)(C)O)cc2C3)c1. The Morgan fingerprint density at radius 3 is 2.50 bits per heavy atom. The van der Waals surface area contributed by atoms with Crippen molar-refractivity contribution in [1.29, 1.82) is 0 Å². The van der Waals surface area contributed by atoms with Crippen LogP contribution < -0.4 is 10.0 Å². The molecule has 0 radical (unpaired) electrons. The van der Waals surface area contributed by atoms with Crippen molar-refractivity contribution in [3.63, 3.8) is 0 Å². The Bertz CT molecular complexity index is 1460. The molecule has 1 aliphatic rings. The highest BCUT2D eigenvalue weighted by Gasteiger charge is 2.31. The number of carbonyl (C=O) groups is 1. The number of carbonyl (C=O) groups excluding carboxylic acids is 1. The normalized spacial score (nSPS) is 12.7. The molecule has 0 aromatic heterocycles. The van der Waals surface area contributed by atoms with Crippen LogP contribution in [0, 0.1) is 5.82 Å². The number of hydrogen-bond acceptors (Lipinski definition) is 4. The average molecular weight is 481 g/mol. The Balaban J connectivity index is 1.98. The Labute approximate surface area is 198 Å². The van der Waals surface area contributed by atoms with Gasteiger partial charge in [0.2, 0.25) is 5.91 Å². The summed E-state index contributed by atoms with van der Waals surface area (Å²) in [6.45, 7) is 6.70. The molecule has 0 fully saturated rings. The molecule has 3 aromatic carbocycles. The number of amides is 1. The van der Waals surface area contributed by atoms with Crippen LogP contribution in [0.2, 0.25) is 0 Å². The molecule has 176 valence electrons. The summed E-state index contributed by atoms with van der Waals surface area (Å²) < 4.78 is 41.1. The molecule has 34 heavy (non-hydrogen) atoms. The quantitative estimate of drug-likeness (QED) is 0.430. The van der Waals surface area contributed by atoms with Crippen molar-refractivity contribution >= 4 is 21.6 Å². The van der Waals surface area contributed by atoms with Gasteiger partial charge < -0.3 is 10.8 Å². The lowest BCUT2D eigenvalue weighted by Gasteiger charge is -2.20. The molecule has 3 N–H and O–H groups in total. The van der Waals surface area contributed by atoms with Crippen LogP contribution in [-0.4, -0.2) is 26.5 Å². The molecule has 6 nitrogen and oxygen atoms in total. The van der Waals surface area contributed by atoms with E-state index in [0.29, 0.717) is 34.4 Å². The van der Waals surface area contributed by atoms with E-state index in [1.54, 1.807) is 50.2 Å². The molecule has 3 aromatic rings. The maximum Gasteiger partial charge on any atom is 0.256 e. The Hall–Kier alpha value is -3.49. The maximum absolute atomic E-state index is 15.6. The predicted octanol–water partition coefficient (Wildman–Crippen LogP) is 4.30. The zero-order valence-electron chi connectivity index (χ0n) is 19.1. The fraction of sp³-hybridized carbons (Fsp3) is 0.192. The first kappa shape index (κ1) is 23.7. The van der Waals surface area contributed by atoms with E-state index in [9.17, 15) is 18.3 Å². The first-order valence-corrected chi connectivity index (χ1v) is 12.1. The standard InChI is InChI=1S/C26H25FN2O4S/c1-5-34(32,33)29(4)18-8-6-7-15(12-18)23-22(27)14-21(25(28)30)20-13-16-11-17(26(2,3)31)9-10-19(16)24(20)23/h5-12,14,31H,1,13H2,2-4H3,(H2,28,30). The lowest BCUT2D eigenvalue weighted by Crippen LogP contribution is -2.23. The smallest absolute Gasteiger partial charge is 0.256 e. The molecule has 1 amide bonds. The number of nitrogens with zero attached hydrogens (tertiary/aromatic N) is 1. The molecule has 0 atom stereocenters. The fourth-order valence-corrected chi connectivity index (χ4v) is 4.98. The molecule has 8 heteroatoms. The number of nitrogens with two attached hydrogens (primary N) is 1. The molecule has 0 saturated heterocycles. The zero-order valence-corrected chi connectivity index (χ0v) is 19.9. The van der Waals surface area contributed by atoms with E-state index >= 15 is 4.39 Å². The monoisotopic (exact) mass is 480 g/mol. The van der Waals surface area contributed by atoms with Crippen molar-refractivity contribution in [3.05, 3.63) is 88.6 Å². The van der Waals surface area contributed by atoms with E-state index in [2.05, 4.69) is 6.58 Å². The van der Waals surface area contributed by atoms with Crippen molar-refractivity contribution in [1.82, 2.24) is 0 Å². The van der Waals surface area contributed by atoms with Gasteiger partial charge in [0.1, 0.15) is 5.82 Å². The van der Waals surface area contributed by atoms with Gasteiger partial charge in [-0.05, 0) is 71.8 Å². The largest absolute Gasteiger partial charge is 0.386 e. The lowest BCUT2D eigenvalue weighted by molar-refractivity contribution is 0.0785. The molecule has 0 bridgehead atoms. The van der Waals surface area contributed by atoms with Crippen molar-refractivity contribution < 1.29 is 22.7 Å². The van der Waals surface area contributed by atoms with Crippen LogP contribution in [0.25, 0.3) is 22.3 Å². The van der Waals surface area contributed by atoms with Gasteiger partial charge in [-0.25, -0.2) is 12.8 Å². The van der Waals surface area contributed by atoms with Crippen molar-refractivity contribution in [2.24, 2.45) is 5.73 Å². The highest BCUT2D eigenvalue weighted by molar-refractivity contribution is 7.95. The highest BCUT2D eigenvalue weighted by atomic mass is 32.2. The summed E-state index contributed by atoms with van der Waals surface area (Å²) in [5.74, 6) is -1.37. The number of aliphatic hydroxyl groups is 1. The summed E-state index contributed by atoms with van der Waals surface area (Å²) in [6.07, 6.45) is 0.352. The van der Waals surface area contributed by atoms with Gasteiger partial charge in [-0.1, -0.05) is 36.9 Å². The minimum Gasteiger partial charge on any atom is -0.386 e. The second-order valence-corrected chi connectivity index (χ2v) is 10.7. The van der Waals surface area contributed by atoms with E-state index in [1.807, 2.05) is 6.07 Å². The van der Waals surface area contributed by atoms with Crippen LogP contribution in [0.3, 0.4) is 0 Å². The Morgan fingerprint density at radius 2 is 1.88 bits per heavy atom. The molecule has 0 spiro atoms. The minimum atomic E-state index is -3.74. The molecule has 0 aliphatic heterocycles. The van der Waals surface area contributed by atoms with Gasteiger partial charge >= 0.3 is 0 Å². The fourth-order valence-electron chi connectivity index (χ4n) is 4.34. The van der Waals surface area contributed by atoms with Crippen LogP contribution in [-0.2, 0) is 22.0 Å². The van der Waals surface area contributed by atoms with Gasteiger partial charge in [-0.15, -0.1) is 0 Å². The number of halogens is 1. The second kappa shape index (κ2) is 8.07. The van der Waals surface area contributed by atoms with E-state index in [4.69, 9.17) is 5.73 Å². The lowest BCUT2D eigenvalue weighted by atomic mass is 9.89. The molecule has 4 rings (SSSR count). The molecule has 0 saturated carbocycles. The number of primary amides is 1. The third-order valence-electron chi connectivity index (χ3n) is 6.19. The summed E-state index contributed by atoms with van der Waals surface area (Å²) in [5, 5.41) is 11.3. The van der Waals surface area contributed by atoms with Gasteiger partial charge in [0.15, 0.2) is 0 Å². The van der Waals surface area contributed by atoms with Gasteiger partial charge in [-0.2, -0.15) is 0 Å². The summed E-state index contributed by atoms with van der Waals surface area (Å²) in [6, 6.07) is 13.1. The van der Waals surface area contributed by atoms with E-state index in [-0.39, 0.29) is 11.1 Å². The first-order valence-electron chi connectivity index (χ1n) is 10.6. The van der Waals surface area contributed by atoms with E-state index in [1.165, 1.54) is 7.05 Å². The average Bonchev–Trinajstić information content (AvgIpc) is 3.15. The van der Waals surface area contributed by atoms with Crippen LogP contribution >= 0.6 is 0 Å². The summed E-state index contributed by atoms with van der Waals surface area (Å²) in [5.41, 5.74) is 9.05. The molecular weight excluding hydrogens is 455 g/mol. The summed E-state index contributed by atoms with van der Waals surface area (Å²) in [7, 11) is -2.35.